The molecule has 0 aromatic heterocycles. The molecule has 0 spiro atoms. The van der Waals surface area contributed by atoms with Crippen molar-refractivity contribution in [1.29, 1.82) is 0 Å². The maximum atomic E-state index is 13.5. The third-order valence-corrected chi connectivity index (χ3v) is 14.9. The van der Waals surface area contributed by atoms with Crippen LogP contribution in [0.15, 0.2) is 60.8 Å². The number of allylic oxidation sites excluding steroid dienone is 9. The van der Waals surface area contributed by atoms with Crippen LogP contribution in [0.2, 0.25) is 0 Å². The molecule has 75 heavy (non-hydrogen) atoms. The largest absolute Gasteiger partial charge is 0.472 e. The molecule has 2 N–H and O–H groups in total. The van der Waals surface area contributed by atoms with Crippen LogP contribution in [0, 0.1) is 0 Å². The molecule has 0 aliphatic rings. The number of hydrogen-bond acceptors (Lipinski definition) is 6. The molecule has 3 unspecified atom stereocenters. The van der Waals surface area contributed by atoms with Gasteiger partial charge in [0.05, 0.1) is 33.8 Å². The van der Waals surface area contributed by atoms with Gasteiger partial charge in [-0.25, -0.2) is 4.57 Å². The van der Waals surface area contributed by atoms with Crippen LogP contribution < -0.4 is 5.32 Å². The minimum absolute atomic E-state index is 0.0394. The summed E-state index contributed by atoms with van der Waals surface area (Å²) >= 11 is 0. The van der Waals surface area contributed by atoms with Crippen LogP contribution in [0.1, 0.15) is 290 Å². The Balaban J connectivity index is 5.10. The molecular weight excluding hydrogens is 952 g/mol. The van der Waals surface area contributed by atoms with Crippen molar-refractivity contribution in [2.75, 3.05) is 40.9 Å². The van der Waals surface area contributed by atoms with Crippen molar-refractivity contribution in [3.8, 4) is 0 Å². The van der Waals surface area contributed by atoms with Crippen molar-refractivity contribution < 1.29 is 37.3 Å². The maximum Gasteiger partial charge on any atom is 0.472 e. The van der Waals surface area contributed by atoms with E-state index in [1.807, 2.05) is 33.3 Å². The molecule has 0 saturated carbocycles. The van der Waals surface area contributed by atoms with Crippen molar-refractivity contribution in [3.05, 3.63) is 60.8 Å². The summed E-state index contributed by atoms with van der Waals surface area (Å²) in [5.74, 6) is -0.505. The number of ether oxygens (including phenoxy) is 1. The highest BCUT2D eigenvalue weighted by Gasteiger charge is 2.30. The molecule has 0 heterocycles. The van der Waals surface area contributed by atoms with E-state index in [-0.39, 0.29) is 31.5 Å². The van der Waals surface area contributed by atoms with Crippen LogP contribution >= 0.6 is 7.82 Å². The highest BCUT2D eigenvalue weighted by Crippen LogP contribution is 2.43. The molecule has 0 aromatic rings. The monoisotopic (exact) mass is 1070 g/mol. The quantitative estimate of drug-likeness (QED) is 0.0205. The fraction of sp³-hybridized carbons (Fsp3) is 0.815. The summed E-state index contributed by atoms with van der Waals surface area (Å²) in [6.45, 7) is 6.99. The van der Waals surface area contributed by atoms with Crippen molar-refractivity contribution in [3.63, 3.8) is 0 Å². The van der Waals surface area contributed by atoms with E-state index in [4.69, 9.17) is 13.8 Å². The number of nitrogens with one attached hydrogen (secondary N) is 1. The van der Waals surface area contributed by atoms with Gasteiger partial charge < -0.3 is 19.4 Å². The fourth-order valence-electron chi connectivity index (χ4n) is 9.04. The van der Waals surface area contributed by atoms with Gasteiger partial charge in [0.2, 0.25) is 5.91 Å². The normalized spacial score (nSPS) is 14.1. The zero-order valence-electron chi connectivity index (χ0n) is 50.0. The van der Waals surface area contributed by atoms with Gasteiger partial charge in [0.1, 0.15) is 19.3 Å². The molecule has 0 aliphatic heterocycles. The van der Waals surface area contributed by atoms with E-state index >= 15 is 0 Å². The van der Waals surface area contributed by atoms with Gasteiger partial charge in [-0.15, -0.1) is 0 Å². The smallest absolute Gasteiger partial charge is 0.456 e. The van der Waals surface area contributed by atoms with Crippen molar-refractivity contribution in [2.24, 2.45) is 0 Å². The summed E-state index contributed by atoms with van der Waals surface area (Å²) in [5.41, 5.74) is 0. The van der Waals surface area contributed by atoms with Crippen molar-refractivity contribution in [1.82, 2.24) is 5.32 Å². The summed E-state index contributed by atoms with van der Waals surface area (Å²) in [4.78, 5) is 37.7. The number of amides is 1. The van der Waals surface area contributed by atoms with Gasteiger partial charge in [0.25, 0.3) is 0 Å². The van der Waals surface area contributed by atoms with Crippen molar-refractivity contribution in [2.45, 2.75) is 303 Å². The number of unbranched alkanes of at least 4 members (excludes halogenated alkanes) is 33. The van der Waals surface area contributed by atoms with Crippen LogP contribution in [0.4, 0.5) is 0 Å². The Labute approximate surface area is 464 Å². The average molecular weight is 1070 g/mol. The number of rotatable bonds is 57. The molecule has 0 aromatic carbocycles. The minimum Gasteiger partial charge on any atom is -0.456 e. The highest BCUT2D eigenvalue weighted by atomic mass is 31.2. The SMILES string of the molecule is CCCCC/C=C\C/C=C\C/C=C\C/C=C\CCCCCCCCCCCC(=O)OC(/C=C\CCCCCCCCCCC)C(COP(=O)(O)OCC[N+](C)(C)C)NC(=O)CCCCCCCCCCCCCCC. The van der Waals surface area contributed by atoms with Crippen LogP contribution in [-0.4, -0.2) is 74.3 Å². The Kier molecular flexibility index (Phi) is 53.4. The second-order valence-corrected chi connectivity index (χ2v) is 24.0. The van der Waals surface area contributed by atoms with Gasteiger partial charge in [-0.05, 0) is 76.7 Å². The van der Waals surface area contributed by atoms with Gasteiger partial charge >= 0.3 is 13.8 Å². The number of likely N-dealkylation sites (N-methyl/N-ethyl adjacent to an activating group) is 1. The Morgan fingerprint density at radius 1 is 0.467 bits per heavy atom. The van der Waals surface area contributed by atoms with Gasteiger partial charge in [-0.3, -0.25) is 18.6 Å². The number of hydrogen-bond donors (Lipinski definition) is 2. The van der Waals surface area contributed by atoms with Gasteiger partial charge in [-0.2, -0.15) is 0 Å². The molecule has 3 atom stereocenters. The maximum absolute atomic E-state index is 13.5. The van der Waals surface area contributed by atoms with E-state index in [0.29, 0.717) is 17.4 Å². The molecule has 9 nitrogen and oxygen atoms in total. The first-order chi connectivity index (χ1) is 36.4. The molecule has 10 heteroatoms. The second kappa shape index (κ2) is 55.0. The lowest BCUT2D eigenvalue weighted by Crippen LogP contribution is -2.47. The first-order valence-corrected chi connectivity index (χ1v) is 33.1. The lowest BCUT2D eigenvalue weighted by Gasteiger charge is -2.27. The lowest BCUT2D eigenvalue weighted by molar-refractivity contribution is -0.870. The molecule has 0 rings (SSSR count). The molecule has 438 valence electrons. The lowest BCUT2D eigenvalue weighted by atomic mass is 10.0. The fourth-order valence-corrected chi connectivity index (χ4v) is 9.78. The van der Waals surface area contributed by atoms with Crippen LogP contribution in [-0.2, 0) is 27.9 Å². The van der Waals surface area contributed by atoms with Gasteiger partial charge in [0, 0.05) is 12.8 Å². The number of carbonyl (C=O) groups excluding carboxylic acids is 2. The molecule has 0 fully saturated rings. The van der Waals surface area contributed by atoms with Gasteiger partial charge in [0.15, 0.2) is 0 Å². The summed E-state index contributed by atoms with van der Waals surface area (Å²) in [6, 6.07) is -0.848. The van der Waals surface area contributed by atoms with Crippen molar-refractivity contribution >= 4 is 19.7 Å². The highest BCUT2D eigenvalue weighted by molar-refractivity contribution is 7.47. The van der Waals surface area contributed by atoms with E-state index in [2.05, 4.69) is 74.7 Å². The number of phosphoric acid groups is 1. The zero-order valence-corrected chi connectivity index (χ0v) is 50.9. The van der Waals surface area contributed by atoms with Crippen LogP contribution in [0.3, 0.4) is 0 Å². The van der Waals surface area contributed by atoms with Gasteiger partial charge in [-0.1, -0.05) is 262 Å². The van der Waals surface area contributed by atoms with Crippen LogP contribution in [0.25, 0.3) is 0 Å². The zero-order chi connectivity index (χ0) is 55.0. The summed E-state index contributed by atoms with van der Waals surface area (Å²) in [6.07, 6.45) is 69.3. The molecule has 0 radical (unpaired) electrons. The third-order valence-electron chi connectivity index (χ3n) is 14.0. The number of quaternary nitrogens is 1. The first-order valence-electron chi connectivity index (χ1n) is 31.6. The van der Waals surface area contributed by atoms with E-state index in [1.165, 1.54) is 173 Å². The Bertz CT molecular complexity index is 1470. The molecule has 0 saturated heterocycles. The summed E-state index contributed by atoms with van der Waals surface area (Å²) in [5, 5.41) is 3.05. The van der Waals surface area contributed by atoms with E-state index in [1.54, 1.807) is 0 Å². The standard InChI is InChI=1S/C65H121N2O7P/c1-7-10-13-16-19-22-25-27-28-29-30-31-32-33-34-35-36-37-38-40-43-46-49-52-55-58-65(69)74-63(56-53-50-47-44-41-24-21-18-15-12-9-3)62(61-73-75(70,71)72-60-59-67(4,5)6)66-64(68)57-54-51-48-45-42-39-26-23-20-17-14-11-8-2/h19,22,27-28,30-31,33-34,53,56,62-63H,7-18,20-21,23-26,29,32,35-52,54-55,57-61H2,1-6H3,(H-,66,68,70,71)/p+1/b22-19-,28-27-,31-30-,34-33-,56-53-. The van der Waals surface area contributed by atoms with E-state index in [9.17, 15) is 19.0 Å². The molecule has 1 amide bonds. The predicted molar refractivity (Wildman–Crippen MR) is 323 cm³/mol. The minimum atomic E-state index is -4.44. The Morgan fingerprint density at radius 2 is 0.813 bits per heavy atom. The Hall–Kier alpha value is -2.29. The molecule has 0 bridgehead atoms. The number of nitrogens with zero attached hydrogens (tertiary/aromatic N) is 1. The topological polar surface area (TPSA) is 111 Å². The Morgan fingerprint density at radius 3 is 1.24 bits per heavy atom. The summed E-state index contributed by atoms with van der Waals surface area (Å²) < 4.78 is 30.7. The second-order valence-electron chi connectivity index (χ2n) is 22.6. The average Bonchev–Trinajstić information content (AvgIpc) is 3.37. The number of carbonyl (C=O) groups is 2. The number of phosphoric ester groups is 1. The molecular formula is C65H122N2O7P+. The van der Waals surface area contributed by atoms with E-state index < -0.39 is 20.0 Å². The predicted octanol–water partition coefficient (Wildman–Crippen LogP) is 19.4. The number of esters is 1. The van der Waals surface area contributed by atoms with Crippen LogP contribution in [0.5, 0.6) is 0 Å². The molecule has 0 aliphatic carbocycles. The van der Waals surface area contributed by atoms with E-state index in [0.717, 1.165) is 83.5 Å². The first kappa shape index (κ1) is 72.7. The third kappa shape index (κ3) is 56.2. The summed E-state index contributed by atoms with van der Waals surface area (Å²) in [7, 11) is 1.50.